The highest BCUT2D eigenvalue weighted by molar-refractivity contribution is 7.44. The van der Waals surface area contributed by atoms with Gasteiger partial charge < -0.3 is 9.05 Å². The SMILES string of the molecule is CCCC(C)COP(OCCC#N)N(C(C)C)C(C)C. The normalized spacial score (nSPS) is 14.8. The smallest absolute Gasteiger partial charge is 0.259 e. The Kier molecular flexibility index (Phi) is 11.3. The molecule has 0 aliphatic heterocycles. The predicted molar refractivity (Wildman–Crippen MR) is 85.2 cm³/mol. The summed E-state index contributed by atoms with van der Waals surface area (Å²) in [5.74, 6) is 0.547. The Bertz CT molecular complexity index is 272. The van der Waals surface area contributed by atoms with E-state index in [1.165, 1.54) is 12.8 Å². The van der Waals surface area contributed by atoms with Gasteiger partial charge in [-0.2, -0.15) is 5.26 Å². The Morgan fingerprint density at radius 2 is 1.70 bits per heavy atom. The molecule has 0 aromatic carbocycles. The van der Waals surface area contributed by atoms with Gasteiger partial charge in [0.05, 0.1) is 25.7 Å². The van der Waals surface area contributed by atoms with Gasteiger partial charge in [0.25, 0.3) is 8.53 Å². The Morgan fingerprint density at radius 3 is 2.15 bits per heavy atom. The van der Waals surface area contributed by atoms with Gasteiger partial charge in [0, 0.05) is 12.1 Å². The lowest BCUT2D eigenvalue weighted by atomic mass is 10.1. The molecule has 0 aromatic rings. The fourth-order valence-corrected chi connectivity index (χ4v) is 3.81. The third kappa shape index (κ3) is 8.17. The first kappa shape index (κ1) is 19.8. The van der Waals surface area contributed by atoms with E-state index < -0.39 is 8.53 Å². The molecule has 0 aliphatic rings. The van der Waals surface area contributed by atoms with Crippen LogP contribution in [0.2, 0.25) is 0 Å². The van der Waals surface area contributed by atoms with Crippen LogP contribution in [0.15, 0.2) is 0 Å². The summed E-state index contributed by atoms with van der Waals surface area (Å²) in [7, 11) is -1.08. The van der Waals surface area contributed by atoms with Crippen molar-refractivity contribution in [3.63, 3.8) is 0 Å². The van der Waals surface area contributed by atoms with Gasteiger partial charge >= 0.3 is 0 Å². The Labute approximate surface area is 126 Å². The highest BCUT2D eigenvalue weighted by Gasteiger charge is 2.27. The quantitative estimate of drug-likeness (QED) is 0.409. The molecule has 0 rings (SSSR count). The van der Waals surface area contributed by atoms with Crippen molar-refractivity contribution >= 4 is 8.53 Å². The number of nitriles is 1. The standard InChI is InChI=1S/C15H31N2O2P/c1-7-9-15(6)12-19-20(18-11-8-10-16)17(13(2)3)14(4)5/h13-15H,7-9,11-12H2,1-6H3. The fourth-order valence-electron chi connectivity index (χ4n) is 2.08. The molecule has 0 N–H and O–H groups in total. The van der Waals surface area contributed by atoms with Crippen LogP contribution < -0.4 is 0 Å². The minimum absolute atomic E-state index is 0.365. The van der Waals surface area contributed by atoms with Crippen molar-refractivity contribution in [1.82, 2.24) is 4.67 Å². The van der Waals surface area contributed by atoms with Crippen LogP contribution in [0.5, 0.6) is 0 Å². The molecule has 4 nitrogen and oxygen atoms in total. The van der Waals surface area contributed by atoms with Crippen molar-refractivity contribution in [2.75, 3.05) is 13.2 Å². The van der Waals surface area contributed by atoms with E-state index in [4.69, 9.17) is 14.3 Å². The molecule has 0 aliphatic carbocycles. The van der Waals surface area contributed by atoms with Crippen LogP contribution >= 0.6 is 8.53 Å². The third-order valence-corrected chi connectivity index (χ3v) is 4.99. The average Bonchev–Trinajstić information content (AvgIpc) is 2.35. The molecule has 0 amide bonds. The van der Waals surface area contributed by atoms with E-state index >= 15 is 0 Å². The van der Waals surface area contributed by atoms with E-state index in [-0.39, 0.29) is 0 Å². The number of hydrogen-bond donors (Lipinski definition) is 0. The summed E-state index contributed by atoms with van der Waals surface area (Å²) in [4.78, 5) is 0. The Morgan fingerprint density at radius 1 is 1.10 bits per heavy atom. The molecule has 2 unspecified atom stereocenters. The van der Waals surface area contributed by atoms with Crippen molar-refractivity contribution in [3.8, 4) is 6.07 Å². The van der Waals surface area contributed by atoms with Crippen molar-refractivity contribution in [3.05, 3.63) is 0 Å². The minimum Gasteiger partial charge on any atom is -0.322 e. The molecule has 0 aromatic heterocycles. The van der Waals surface area contributed by atoms with Gasteiger partial charge in [0.15, 0.2) is 0 Å². The van der Waals surface area contributed by atoms with Gasteiger partial charge in [0.1, 0.15) is 0 Å². The van der Waals surface area contributed by atoms with Crippen molar-refractivity contribution in [2.45, 2.75) is 72.9 Å². The zero-order valence-corrected chi connectivity index (χ0v) is 14.8. The summed E-state index contributed by atoms with van der Waals surface area (Å²) in [6.45, 7) is 14.2. The Hall–Kier alpha value is -0.200. The van der Waals surface area contributed by atoms with Gasteiger partial charge in [0.2, 0.25) is 0 Å². The summed E-state index contributed by atoms with van der Waals surface area (Å²) >= 11 is 0. The molecule has 0 spiro atoms. The molecule has 0 heterocycles. The van der Waals surface area contributed by atoms with E-state index in [0.717, 1.165) is 6.61 Å². The molecule has 0 bridgehead atoms. The molecule has 0 fully saturated rings. The van der Waals surface area contributed by atoms with Crippen LogP contribution in [0.25, 0.3) is 0 Å². The minimum atomic E-state index is -1.08. The van der Waals surface area contributed by atoms with Crippen molar-refractivity contribution in [2.24, 2.45) is 5.92 Å². The van der Waals surface area contributed by atoms with Crippen molar-refractivity contribution < 1.29 is 9.05 Å². The lowest BCUT2D eigenvalue weighted by molar-refractivity contribution is 0.159. The predicted octanol–water partition coefficient (Wildman–Crippen LogP) is 4.72. The molecule has 0 radical (unpaired) electrons. The number of nitrogens with zero attached hydrogens (tertiary/aromatic N) is 2. The lowest BCUT2D eigenvalue weighted by Crippen LogP contribution is -2.34. The second kappa shape index (κ2) is 11.5. The fraction of sp³-hybridized carbons (Fsp3) is 0.933. The molecule has 0 saturated heterocycles. The van der Waals surface area contributed by atoms with Gasteiger partial charge in [-0.25, -0.2) is 4.67 Å². The van der Waals surface area contributed by atoms with Gasteiger partial charge in [-0.3, -0.25) is 0 Å². The maximum Gasteiger partial charge on any atom is 0.259 e. The summed E-state index contributed by atoms with van der Waals surface area (Å²) in [6, 6.07) is 2.85. The maximum absolute atomic E-state index is 8.65. The lowest BCUT2D eigenvalue weighted by Gasteiger charge is -2.36. The highest BCUT2D eigenvalue weighted by atomic mass is 31.2. The molecular formula is C15H31N2O2P. The summed E-state index contributed by atoms with van der Waals surface area (Å²) < 4.78 is 14.2. The van der Waals surface area contributed by atoms with Crippen LogP contribution in [-0.4, -0.2) is 30.0 Å². The monoisotopic (exact) mass is 302 g/mol. The third-order valence-electron chi connectivity index (χ3n) is 2.91. The Balaban J connectivity index is 4.56. The van der Waals surface area contributed by atoms with E-state index in [1.807, 2.05) is 0 Å². The van der Waals surface area contributed by atoms with E-state index in [2.05, 4.69) is 52.3 Å². The van der Waals surface area contributed by atoms with Crippen LogP contribution in [0.3, 0.4) is 0 Å². The first-order valence-electron chi connectivity index (χ1n) is 7.65. The highest BCUT2D eigenvalue weighted by Crippen LogP contribution is 2.46. The summed E-state index contributed by atoms with van der Waals surface area (Å²) in [5, 5.41) is 8.65. The number of rotatable bonds is 11. The first-order chi connectivity index (χ1) is 9.43. The van der Waals surface area contributed by atoms with Gasteiger partial charge in [-0.05, 0) is 40.0 Å². The molecule has 118 valence electrons. The van der Waals surface area contributed by atoms with Crippen LogP contribution in [0.1, 0.15) is 60.8 Å². The summed E-state index contributed by atoms with van der Waals surface area (Å²) in [5.41, 5.74) is 0. The maximum atomic E-state index is 8.65. The zero-order valence-electron chi connectivity index (χ0n) is 13.9. The van der Waals surface area contributed by atoms with E-state index in [1.54, 1.807) is 0 Å². The molecule has 20 heavy (non-hydrogen) atoms. The molecular weight excluding hydrogens is 271 g/mol. The molecule has 2 atom stereocenters. The van der Waals surface area contributed by atoms with Gasteiger partial charge in [-0.15, -0.1) is 0 Å². The molecule has 0 saturated carbocycles. The second-order valence-corrected chi connectivity index (χ2v) is 7.19. The zero-order chi connectivity index (χ0) is 15.5. The first-order valence-corrected chi connectivity index (χ1v) is 8.78. The average molecular weight is 302 g/mol. The number of hydrogen-bond acceptors (Lipinski definition) is 4. The largest absolute Gasteiger partial charge is 0.322 e. The van der Waals surface area contributed by atoms with Gasteiger partial charge in [-0.1, -0.05) is 20.3 Å². The van der Waals surface area contributed by atoms with E-state index in [9.17, 15) is 0 Å². The van der Waals surface area contributed by atoms with Crippen LogP contribution in [-0.2, 0) is 9.05 Å². The summed E-state index contributed by atoms with van der Waals surface area (Å²) in [6.07, 6.45) is 2.76. The molecule has 5 heteroatoms. The van der Waals surface area contributed by atoms with Crippen LogP contribution in [0.4, 0.5) is 0 Å². The van der Waals surface area contributed by atoms with Crippen LogP contribution in [0, 0.1) is 17.2 Å². The topological polar surface area (TPSA) is 45.5 Å². The van der Waals surface area contributed by atoms with E-state index in [0.29, 0.717) is 31.0 Å². The van der Waals surface area contributed by atoms with Crippen molar-refractivity contribution in [1.29, 1.82) is 5.26 Å². The second-order valence-electron chi connectivity index (χ2n) is 5.74.